The van der Waals surface area contributed by atoms with Crippen LogP contribution in [0.3, 0.4) is 0 Å². The summed E-state index contributed by atoms with van der Waals surface area (Å²) in [5.74, 6) is 1.81. The second-order valence-corrected chi connectivity index (χ2v) is 4.75. The molecule has 1 aromatic carbocycles. The number of nitrogens with zero attached hydrogens (tertiary/aromatic N) is 2. The molecule has 0 saturated carbocycles. The van der Waals surface area contributed by atoms with Gasteiger partial charge in [0.25, 0.3) is 11.8 Å². The number of rotatable bonds is 6. The Morgan fingerprint density at radius 3 is 2.75 bits per heavy atom. The lowest BCUT2D eigenvalue weighted by Gasteiger charge is -2.09. The van der Waals surface area contributed by atoms with E-state index in [-0.39, 0.29) is 18.3 Å². The number of benzene rings is 1. The molecule has 0 radical (unpaired) electrons. The Bertz CT molecular complexity index is 826. The second-order valence-electron chi connectivity index (χ2n) is 4.75. The van der Waals surface area contributed by atoms with Crippen LogP contribution in [0.25, 0.3) is 11.7 Å². The van der Waals surface area contributed by atoms with Crippen LogP contribution in [-0.4, -0.2) is 30.3 Å². The molecule has 0 atom stereocenters. The van der Waals surface area contributed by atoms with Crippen molar-refractivity contribution in [2.24, 2.45) is 0 Å². The van der Waals surface area contributed by atoms with E-state index in [1.807, 2.05) is 0 Å². The fourth-order valence-corrected chi connectivity index (χ4v) is 2.06. The summed E-state index contributed by atoms with van der Waals surface area (Å²) in [6.07, 6.45) is 1.51. The summed E-state index contributed by atoms with van der Waals surface area (Å²) in [5, 5.41) is 6.51. The lowest BCUT2D eigenvalue weighted by Crippen LogP contribution is -2.23. The molecule has 0 aliphatic carbocycles. The Balaban J connectivity index is 1.65. The van der Waals surface area contributed by atoms with Crippen LogP contribution in [0.4, 0.5) is 0 Å². The van der Waals surface area contributed by atoms with Gasteiger partial charge in [0.2, 0.25) is 0 Å². The highest BCUT2D eigenvalue weighted by Crippen LogP contribution is 2.27. The fourth-order valence-electron chi connectivity index (χ4n) is 2.06. The maximum absolute atomic E-state index is 12.2. The monoisotopic (exact) mass is 329 g/mol. The Morgan fingerprint density at radius 2 is 2.04 bits per heavy atom. The summed E-state index contributed by atoms with van der Waals surface area (Å²) in [7, 11) is 3.04. The van der Waals surface area contributed by atoms with E-state index in [9.17, 15) is 4.79 Å². The molecule has 8 heteroatoms. The van der Waals surface area contributed by atoms with Gasteiger partial charge in [-0.15, -0.1) is 0 Å². The highest BCUT2D eigenvalue weighted by molar-refractivity contribution is 5.94. The van der Waals surface area contributed by atoms with Gasteiger partial charge in [-0.25, -0.2) is 0 Å². The molecule has 2 aromatic heterocycles. The molecule has 3 aromatic rings. The molecule has 2 heterocycles. The minimum atomic E-state index is -0.291. The molecule has 0 spiro atoms. The highest BCUT2D eigenvalue weighted by atomic mass is 16.5. The first kappa shape index (κ1) is 15.6. The Morgan fingerprint density at radius 1 is 1.21 bits per heavy atom. The van der Waals surface area contributed by atoms with Crippen molar-refractivity contribution in [2.45, 2.75) is 6.54 Å². The van der Waals surface area contributed by atoms with Crippen LogP contribution in [0, 0.1) is 0 Å². The summed E-state index contributed by atoms with van der Waals surface area (Å²) in [6, 6.07) is 8.33. The molecule has 1 amide bonds. The van der Waals surface area contributed by atoms with Crippen molar-refractivity contribution >= 4 is 5.91 Å². The lowest BCUT2D eigenvalue weighted by molar-refractivity contribution is 0.0949. The number of furan rings is 1. The summed E-state index contributed by atoms with van der Waals surface area (Å²) < 4.78 is 20.6. The van der Waals surface area contributed by atoms with Gasteiger partial charge in [0.15, 0.2) is 23.1 Å². The van der Waals surface area contributed by atoms with E-state index in [0.29, 0.717) is 28.6 Å². The molecular formula is C16H15N3O5. The van der Waals surface area contributed by atoms with Crippen LogP contribution in [0.15, 0.2) is 45.5 Å². The van der Waals surface area contributed by atoms with Crippen molar-refractivity contribution in [3.05, 3.63) is 48.0 Å². The van der Waals surface area contributed by atoms with Gasteiger partial charge < -0.3 is 23.7 Å². The van der Waals surface area contributed by atoms with Gasteiger partial charge in [-0.2, -0.15) is 4.98 Å². The maximum atomic E-state index is 12.2. The van der Waals surface area contributed by atoms with Crippen LogP contribution in [-0.2, 0) is 6.54 Å². The first-order valence-electron chi connectivity index (χ1n) is 7.08. The predicted octanol–water partition coefficient (Wildman–Crippen LogP) is 2.28. The zero-order chi connectivity index (χ0) is 16.9. The SMILES string of the molecule is COc1ccc(C(=O)NCc2noc(-c3ccco3)n2)cc1OC. The minimum absolute atomic E-state index is 0.122. The molecule has 8 nitrogen and oxygen atoms in total. The van der Waals surface area contributed by atoms with E-state index < -0.39 is 0 Å². The normalized spacial score (nSPS) is 10.4. The van der Waals surface area contributed by atoms with Crippen LogP contribution in [0.1, 0.15) is 16.2 Å². The minimum Gasteiger partial charge on any atom is -0.493 e. The molecule has 24 heavy (non-hydrogen) atoms. The number of carbonyl (C=O) groups is 1. The molecular weight excluding hydrogens is 314 g/mol. The second kappa shape index (κ2) is 6.86. The Hall–Kier alpha value is -3.29. The zero-order valence-corrected chi connectivity index (χ0v) is 13.1. The third kappa shape index (κ3) is 3.22. The quantitative estimate of drug-likeness (QED) is 0.740. The largest absolute Gasteiger partial charge is 0.493 e. The molecule has 0 fully saturated rings. The molecule has 1 N–H and O–H groups in total. The van der Waals surface area contributed by atoms with Crippen molar-refractivity contribution in [2.75, 3.05) is 14.2 Å². The third-order valence-electron chi connectivity index (χ3n) is 3.25. The fraction of sp³-hybridized carbons (Fsp3) is 0.188. The van der Waals surface area contributed by atoms with Gasteiger partial charge in [0.1, 0.15) is 0 Å². The van der Waals surface area contributed by atoms with E-state index in [1.165, 1.54) is 20.5 Å². The third-order valence-corrected chi connectivity index (χ3v) is 3.25. The topological polar surface area (TPSA) is 99.6 Å². The van der Waals surface area contributed by atoms with Gasteiger partial charge in [-0.05, 0) is 30.3 Å². The average Bonchev–Trinajstić information content (AvgIpc) is 3.30. The number of hydrogen-bond acceptors (Lipinski definition) is 7. The zero-order valence-electron chi connectivity index (χ0n) is 13.1. The van der Waals surface area contributed by atoms with Crippen molar-refractivity contribution in [1.29, 1.82) is 0 Å². The van der Waals surface area contributed by atoms with Gasteiger partial charge in [-0.3, -0.25) is 4.79 Å². The van der Waals surface area contributed by atoms with Gasteiger partial charge >= 0.3 is 0 Å². The highest BCUT2D eigenvalue weighted by Gasteiger charge is 2.14. The summed E-state index contributed by atoms with van der Waals surface area (Å²) in [4.78, 5) is 16.4. The van der Waals surface area contributed by atoms with E-state index in [0.717, 1.165) is 0 Å². The standard InChI is InChI=1S/C16H15N3O5/c1-21-11-6-5-10(8-13(11)22-2)15(20)17-9-14-18-16(24-19-14)12-4-3-7-23-12/h3-8H,9H2,1-2H3,(H,17,20). The average molecular weight is 329 g/mol. The molecule has 0 saturated heterocycles. The Kier molecular flexibility index (Phi) is 4.46. The van der Waals surface area contributed by atoms with Gasteiger partial charge in [0.05, 0.1) is 27.0 Å². The van der Waals surface area contributed by atoms with E-state index in [2.05, 4.69) is 15.5 Å². The number of carbonyl (C=O) groups excluding carboxylic acids is 1. The Labute approximate surface area is 137 Å². The summed E-state index contributed by atoms with van der Waals surface area (Å²) in [5.41, 5.74) is 0.433. The number of amides is 1. The molecule has 0 aliphatic rings. The molecule has 3 rings (SSSR count). The van der Waals surface area contributed by atoms with Gasteiger partial charge in [0, 0.05) is 5.56 Å². The van der Waals surface area contributed by atoms with Crippen molar-refractivity contribution in [3.63, 3.8) is 0 Å². The predicted molar refractivity (Wildman–Crippen MR) is 82.7 cm³/mol. The summed E-state index contributed by atoms with van der Waals surface area (Å²) >= 11 is 0. The smallest absolute Gasteiger partial charge is 0.293 e. The first-order chi connectivity index (χ1) is 11.7. The number of nitrogens with one attached hydrogen (secondary N) is 1. The maximum Gasteiger partial charge on any atom is 0.293 e. The van der Waals surface area contributed by atoms with Crippen LogP contribution in [0.5, 0.6) is 11.5 Å². The van der Waals surface area contributed by atoms with Crippen LogP contribution >= 0.6 is 0 Å². The molecule has 124 valence electrons. The number of aromatic nitrogens is 2. The van der Waals surface area contributed by atoms with Crippen molar-refractivity contribution in [1.82, 2.24) is 15.5 Å². The van der Waals surface area contributed by atoms with Gasteiger partial charge in [-0.1, -0.05) is 5.16 Å². The van der Waals surface area contributed by atoms with E-state index >= 15 is 0 Å². The molecule has 0 aliphatic heterocycles. The van der Waals surface area contributed by atoms with E-state index in [4.69, 9.17) is 18.4 Å². The lowest BCUT2D eigenvalue weighted by atomic mass is 10.2. The number of ether oxygens (including phenoxy) is 2. The first-order valence-corrected chi connectivity index (χ1v) is 7.08. The molecule has 0 bridgehead atoms. The van der Waals surface area contributed by atoms with Crippen LogP contribution < -0.4 is 14.8 Å². The van der Waals surface area contributed by atoms with E-state index in [1.54, 1.807) is 30.3 Å². The van der Waals surface area contributed by atoms with Crippen LogP contribution in [0.2, 0.25) is 0 Å². The number of methoxy groups -OCH3 is 2. The summed E-state index contributed by atoms with van der Waals surface area (Å²) in [6.45, 7) is 0.122. The molecule has 0 unspecified atom stereocenters. The van der Waals surface area contributed by atoms with Crippen molar-refractivity contribution < 1.29 is 23.2 Å². The van der Waals surface area contributed by atoms with Crippen molar-refractivity contribution in [3.8, 4) is 23.1 Å². The number of hydrogen-bond donors (Lipinski definition) is 1.